The van der Waals surface area contributed by atoms with E-state index in [1.54, 1.807) is 60.6 Å². The molecule has 3 aromatic carbocycles. The molecule has 7 rings (SSSR count). The number of benzene rings is 3. The Kier molecular flexibility index (Phi) is 17.1. The van der Waals surface area contributed by atoms with Crippen molar-refractivity contribution in [3.8, 4) is 23.0 Å². The van der Waals surface area contributed by atoms with Gasteiger partial charge in [0.05, 0.1) is 43.1 Å². The number of aliphatic hydroxyl groups is 2. The van der Waals surface area contributed by atoms with E-state index in [0.717, 1.165) is 56.1 Å². The summed E-state index contributed by atoms with van der Waals surface area (Å²) in [6.45, 7) is 4.25. The van der Waals surface area contributed by atoms with Crippen molar-refractivity contribution in [1.29, 1.82) is 0 Å². The number of nitrogens with one attached hydrogen (secondary N) is 1. The van der Waals surface area contributed by atoms with E-state index in [0.29, 0.717) is 59.4 Å². The Labute approximate surface area is 398 Å². The number of likely N-dealkylation sites (N-methyl/N-ethyl adjacent to an activating group) is 1. The molecule has 2 saturated carbocycles. The van der Waals surface area contributed by atoms with Gasteiger partial charge < -0.3 is 43.6 Å². The predicted molar refractivity (Wildman–Crippen MR) is 256 cm³/mol. The summed E-state index contributed by atoms with van der Waals surface area (Å²) in [6.07, 6.45) is 13.3. The highest BCUT2D eigenvalue weighted by molar-refractivity contribution is 6.03. The second kappa shape index (κ2) is 23.4. The third kappa shape index (κ3) is 11.3. The van der Waals surface area contributed by atoms with Crippen molar-refractivity contribution >= 4 is 29.1 Å². The number of amides is 2. The van der Waals surface area contributed by atoms with Gasteiger partial charge in [-0.1, -0.05) is 55.8 Å². The van der Waals surface area contributed by atoms with Crippen LogP contribution in [0.1, 0.15) is 101 Å². The first-order chi connectivity index (χ1) is 33.0. The topological polar surface area (TPSA) is 201 Å². The van der Waals surface area contributed by atoms with Crippen LogP contribution in [0.4, 0.5) is 16.2 Å². The van der Waals surface area contributed by atoms with E-state index in [1.165, 1.54) is 32.1 Å². The van der Waals surface area contributed by atoms with Crippen molar-refractivity contribution in [1.82, 2.24) is 4.90 Å². The number of nitro benzene ring substituents is 1. The molecule has 16 heteroatoms. The molecule has 16 nitrogen and oxygen atoms in total. The van der Waals surface area contributed by atoms with Gasteiger partial charge in [-0.3, -0.25) is 20.2 Å². The summed E-state index contributed by atoms with van der Waals surface area (Å²) in [5.74, 6) is -0.238. The van der Waals surface area contributed by atoms with E-state index in [4.69, 9.17) is 33.7 Å². The molecule has 0 unspecified atom stereocenters. The van der Waals surface area contributed by atoms with Crippen molar-refractivity contribution < 1.29 is 53.2 Å². The number of fused-ring (bicyclic) bond motifs is 2. The second-order valence-corrected chi connectivity index (χ2v) is 18.2. The van der Waals surface area contributed by atoms with Crippen LogP contribution in [0.15, 0.2) is 90.1 Å². The van der Waals surface area contributed by atoms with E-state index in [1.807, 2.05) is 13.1 Å². The minimum Gasteiger partial charge on any atom is -0.497 e. The number of carbonyl (C=O) groups excluding carboxylic acids is 2. The molecule has 4 aliphatic rings. The van der Waals surface area contributed by atoms with Crippen molar-refractivity contribution in [2.24, 2.45) is 28.8 Å². The molecule has 2 amide bonds. The average Bonchev–Trinajstić information content (AvgIpc) is 3.88. The third-order valence-electron chi connectivity index (χ3n) is 14.2. The Morgan fingerprint density at radius 1 is 0.971 bits per heavy atom. The number of nitrogens with zero attached hydrogens (tertiary/aromatic N) is 3. The number of non-ortho nitro benzene ring substituents is 1. The highest BCUT2D eigenvalue weighted by atomic mass is 16.7. The first-order valence-electron chi connectivity index (χ1n) is 23.9. The largest absolute Gasteiger partial charge is 0.497 e. The smallest absolute Gasteiger partial charge is 0.417 e. The van der Waals surface area contributed by atoms with Gasteiger partial charge in [-0.15, -0.1) is 6.58 Å². The molecular weight excluding hydrogens is 873 g/mol. The zero-order valence-corrected chi connectivity index (χ0v) is 39.4. The molecule has 3 N–H and O–H groups in total. The summed E-state index contributed by atoms with van der Waals surface area (Å²) >= 11 is 0. The third-order valence-corrected chi connectivity index (χ3v) is 14.2. The summed E-state index contributed by atoms with van der Waals surface area (Å²) in [4.78, 5) is 46.9. The van der Waals surface area contributed by atoms with Gasteiger partial charge in [-0.05, 0) is 103 Å². The number of nitro groups is 1. The van der Waals surface area contributed by atoms with Crippen molar-refractivity contribution in [2.45, 2.75) is 108 Å². The number of hydrogen-bond acceptors (Lipinski definition) is 13. The molecule has 68 heavy (non-hydrogen) atoms. The van der Waals surface area contributed by atoms with Crippen LogP contribution in [0.5, 0.6) is 23.0 Å². The molecule has 0 spiro atoms. The molecule has 0 aromatic heterocycles. The van der Waals surface area contributed by atoms with Gasteiger partial charge in [0.1, 0.15) is 35.6 Å². The lowest BCUT2D eigenvalue weighted by Gasteiger charge is -2.59. The van der Waals surface area contributed by atoms with Crippen LogP contribution in [0.3, 0.4) is 0 Å². The lowest BCUT2D eigenvalue weighted by atomic mass is 9.55. The molecule has 1 aliphatic heterocycles. The fourth-order valence-electron chi connectivity index (χ4n) is 10.8. The maximum absolute atomic E-state index is 14.5. The van der Waals surface area contributed by atoms with E-state index < -0.39 is 28.8 Å². The Bertz CT molecular complexity index is 2300. The van der Waals surface area contributed by atoms with Crippen molar-refractivity contribution in [3.63, 3.8) is 0 Å². The Morgan fingerprint density at radius 3 is 2.40 bits per heavy atom. The number of oxime groups is 1. The van der Waals surface area contributed by atoms with Gasteiger partial charge in [0.25, 0.3) is 5.69 Å². The fraction of sp³-hybridized carbons (Fsp3) is 0.519. The SMILES string of the molecule is C=CCO[C@@]12Oc3ccc(OC(=O)Nc4ccc(OC)cc4OC)cc3[C@H]3[C@H](CCCCO)[C@@H](CCCCO)C=C(C(=NOCc4ccc([N+](=O)[O-])cc4)C[C@@H]1N(C)C(=O)CCC1CCCC1)[C@H]32. The summed E-state index contributed by atoms with van der Waals surface area (Å²) in [7, 11) is 4.85. The molecule has 366 valence electrons. The lowest BCUT2D eigenvalue weighted by molar-refractivity contribution is -0.384. The van der Waals surface area contributed by atoms with Gasteiger partial charge in [0, 0.05) is 62.8 Å². The molecular formula is C52H66N4O12. The summed E-state index contributed by atoms with van der Waals surface area (Å²) < 4.78 is 31.1. The van der Waals surface area contributed by atoms with E-state index in [-0.39, 0.29) is 67.9 Å². The zero-order chi connectivity index (χ0) is 48.2. The number of rotatable bonds is 23. The van der Waals surface area contributed by atoms with E-state index in [2.05, 4.69) is 18.0 Å². The summed E-state index contributed by atoms with van der Waals surface area (Å²) in [5.41, 5.74) is 3.30. The van der Waals surface area contributed by atoms with E-state index >= 15 is 0 Å². The Morgan fingerprint density at radius 2 is 1.71 bits per heavy atom. The zero-order valence-electron chi connectivity index (χ0n) is 39.4. The van der Waals surface area contributed by atoms with Gasteiger partial charge in [0.2, 0.25) is 11.7 Å². The van der Waals surface area contributed by atoms with Crippen LogP contribution in [-0.4, -0.2) is 90.7 Å². The number of anilines is 1. The van der Waals surface area contributed by atoms with Crippen LogP contribution >= 0.6 is 0 Å². The summed E-state index contributed by atoms with van der Waals surface area (Å²) in [6, 6.07) is 15.8. The monoisotopic (exact) mass is 938 g/mol. The van der Waals surface area contributed by atoms with Crippen molar-refractivity contribution in [2.75, 3.05) is 46.4 Å². The molecule has 0 bridgehead atoms. The first kappa shape index (κ1) is 49.9. The quantitative estimate of drug-likeness (QED) is 0.0353. The molecule has 0 saturated heterocycles. The normalized spacial score (nSPS) is 23.3. The molecule has 1 heterocycles. The highest BCUT2D eigenvalue weighted by Gasteiger charge is 2.65. The minimum atomic E-state index is -1.44. The minimum absolute atomic E-state index is 0.0304. The average molecular weight is 939 g/mol. The number of hydrogen-bond donors (Lipinski definition) is 3. The van der Waals surface area contributed by atoms with Crippen LogP contribution in [0, 0.1) is 33.8 Å². The molecule has 0 radical (unpaired) electrons. The maximum atomic E-state index is 14.5. The summed E-state index contributed by atoms with van der Waals surface area (Å²) in [5, 5.41) is 38.9. The number of unbranched alkanes of at least 4 members (excludes halogenated alkanes) is 2. The lowest BCUT2D eigenvalue weighted by Crippen LogP contribution is -2.69. The molecule has 2 fully saturated rings. The Hall–Kier alpha value is -5.97. The number of carbonyl (C=O) groups is 2. The van der Waals surface area contributed by atoms with Crippen LogP contribution < -0.4 is 24.3 Å². The first-order valence-corrected chi connectivity index (χ1v) is 23.9. The van der Waals surface area contributed by atoms with Crippen LogP contribution in [-0.2, 0) is 21.0 Å². The molecule has 3 aliphatic carbocycles. The molecule has 3 aromatic rings. The van der Waals surface area contributed by atoms with Gasteiger partial charge in [0.15, 0.2) is 0 Å². The van der Waals surface area contributed by atoms with Gasteiger partial charge >= 0.3 is 6.09 Å². The number of aliphatic hydroxyl groups excluding tert-OH is 2. The highest BCUT2D eigenvalue weighted by Crippen LogP contribution is 2.62. The fourth-order valence-corrected chi connectivity index (χ4v) is 10.8. The predicted octanol–water partition coefficient (Wildman–Crippen LogP) is 9.49. The standard InChI is InChI=1S/C52H66N4O12/c1-5-28-65-52-47(55(2)48(59)25-18-34-12-6-7-13-34)32-44(54-66-33-35-16-19-37(20-17-35)56(61)62)41-29-36(14-8-10-26-57)40(15-9-11-27-58)49(50(41)52)42-30-39(22-24-45(42)68-52)67-51(60)53-43-23-21-38(63-3)31-46(43)64-4/h5,16-17,19-24,29-31,34,36,40,47,49-50,57-58H,1,6-15,18,25-28,32-33H2,2-4H3,(H,53,60)/t36-,40+,47-,49+,50+,52+/m0/s1. The van der Waals surface area contributed by atoms with Gasteiger partial charge in [-0.2, -0.15) is 0 Å². The van der Waals surface area contributed by atoms with Crippen LogP contribution in [0.2, 0.25) is 0 Å². The van der Waals surface area contributed by atoms with E-state index in [9.17, 15) is 29.9 Å². The number of methoxy groups -OCH3 is 2. The maximum Gasteiger partial charge on any atom is 0.417 e. The molecule has 6 atom stereocenters. The Balaban J connectivity index is 1.34. The second-order valence-electron chi connectivity index (χ2n) is 18.2. The van der Waals surface area contributed by atoms with Crippen molar-refractivity contribution in [3.05, 3.63) is 106 Å². The van der Waals surface area contributed by atoms with Gasteiger partial charge in [-0.25, -0.2) is 4.79 Å². The number of ether oxygens (including phenoxy) is 5. The number of allylic oxidation sites excluding steroid dienone is 1. The van der Waals surface area contributed by atoms with Crippen LogP contribution in [0.25, 0.3) is 0 Å².